The minimum Gasteiger partial charge on any atom is -1.00 e. The summed E-state index contributed by atoms with van der Waals surface area (Å²) in [6.07, 6.45) is 12.8. The van der Waals surface area contributed by atoms with Gasteiger partial charge in [-0.2, -0.15) is 0 Å². The number of nitrogens with zero attached hydrogens (tertiary/aromatic N) is 2. The van der Waals surface area contributed by atoms with E-state index in [9.17, 15) is 45.6 Å². The van der Waals surface area contributed by atoms with Crippen LogP contribution in [0.1, 0.15) is 112 Å². The number of hydrogen-bond acceptors (Lipinski definition) is 17. The number of allylic oxidation sites excluding steroid dienone is 1. The Bertz CT molecular complexity index is 3610. The van der Waals surface area contributed by atoms with E-state index in [0.717, 1.165) is 35.9 Å². The van der Waals surface area contributed by atoms with Crippen LogP contribution in [0.15, 0.2) is 98.9 Å². The van der Waals surface area contributed by atoms with E-state index in [1.54, 1.807) is 71.7 Å². The number of aromatic amines is 1. The van der Waals surface area contributed by atoms with Crippen molar-refractivity contribution in [3.8, 4) is 23.0 Å². The summed E-state index contributed by atoms with van der Waals surface area (Å²) in [6.45, 7) is 16.8. The SMILES string of the molecule is C.C=CCCCCC[C@H](NC(=O)OC(C)(C)C)C(=O)N1C[C@H](Oc2ccnc3cc(OC)ccc23)C[C@H]1C(=O)N[C@]1(C(=O)NS(=O)(=O)C2CC2)C[C@H]1C=C.C=C[C@@H]1C[C@]1(NC(=O)[C@@H]1C[C@@H](Oc2cc[nH+]c3cc(OC)ccc23)CN1)C(=O)NS(=O)(=O)C1CC1.Cl.[Cl-]. The highest BCUT2D eigenvalue weighted by molar-refractivity contribution is 7.91. The van der Waals surface area contributed by atoms with Crippen LogP contribution >= 0.6 is 12.4 Å². The first-order chi connectivity index (χ1) is 41.9. The van der Waals surface area contributed by atoms with Crippen molar-refractivity contribution in [1.82, 2.24) is 40.6 Å². The number of halogens is 2. The Morgan fingerprint density at radius 1 is 0.769 bits per heavy atom. The number of unbranched alkanes of at least 4 members (excludes halogenated alkanes) is 3. The van der Waals surface area contributed by atoms with E-state index in [1.807, 2.05) is 36.4 Å². The zero-order valence-electron chi connectivity index (χ0n) is 51.1. The number of methoxy groups -OCH3 is 2. The lowest BCUT2D eigenvalue weighted by Gasteiger charge is -2.30. The number of sulfonamides is 2. The number of alkyl carbamates (subject to hydrolysis) is 1. The van der Waals surface area contributed by atoms with Gasteiger partial charge in [0.15, 0.2) is 6.20 Å². The van der Waals surface area contributed by atoms with Gasteiger partial charge in [-0.05, 0) is 109 Å². The van der Waals surface area contributed by atoms with E-state index in [1.165, 1.54) is 11.0 Å². The fraction of sp³-hybridized carbons (Fsp3) is 0.524. The molecule has 28 heteroatoms. The summed E-state index contributed by atoms with van der Waals surface area (Å²) >= 11 is 0. The third-order valence-corrected chi connectivity index (χ3v) is 20.2. The number of likely N-dealkylation sites (tertiary alicyclic amines) is 1. The van der Waals surface area contributed by atoms with Gasteiger partial charge in [-0.15, -0.1) is 32.1 Å². The molecule has 498 valence electrons. The number of benzene rings is 2. The lowest BCUT2D eigenvalue weighted by molar-refractivity contribution is -0.344. The van der Waals surface area contributed by atoms with Gasteiger partial charge in [-0.3, -0.25) is 38.4 Å². The number of nitrogens with one attached hydrogen (secondary N) is 7. The molecule has 10 rings (SSSR count). The predicted molar refractivity (Wildman–Crippen MR) is 340 cm³/mol. The normalized spacial score (nSPS) is 24.1. The molecule has 7 N–H and O–H groups in total. The maximum atomic E-state index is 14.5. The number of amides is 6. The molecule has 4 aromatic rings. The van der Waals surface area contributed by atoms with Crippen LogP contribution in [0.25, 0.3) is 21.8 Å². The third-order valence-electron chi connectivity index (χ3n) is 16.6. The number of hydrogen-bond donors (Lipinski definition) is 6. The van der Waals surface area contributed by atoms with Crippen LogP contribution in [-0.4, -0.2) is 147 Å². The van der Waals surface area contributed by atoms with Gasteiger partial charge in [0.2, 0.25) is 43.3 Å². The molecule has 24 nitrogen and oxygen atoms in total. The second-order valence-corrected chi connectivity index (χ2v) is 28.3. The number of pyridine rings is 2. The van der Waals surface area contributed by atoms with Gasteiger partial charge in [0.05, 0.1) is 54.3 Å². The quantitative estimate of drug-likeness (QED) is 0.0389. The molecular weight excluding hydrogens is 1260 g/mol. The molecule has 6 amide bonds. The third kappa shape index (κ3) is 17.5. The van der Waals surface area contributed by atoms with E-state index < -0.39 is 107 Å². The molecule has 2 saturated heterocycles. The Kier molecular flexibility index (Phi) is 24.0. The number of carbonyl (C=O) groups is 6. The van der Waals surface area contributed by atoms with Gasteiger partial charge in [-0.1, -0.05) is 38.5 Å². The van der Waals surface area contributed by atoms with Crippen molar-refractivity contribution in [2.75, 3.05) is 27.3 Å². The highest BCUT2D eigenvalue weighted by Gasteiger charge is 2.63. The van der Waals surface area contributed by atoms with Crippen LogP contribution in [0, 0.1) is 11.8 Å². The molecule has 4 heterocycles. The van der Waals surface area contributed by atoms with Crippen molar-refractivity contribution in [1.29, 1.82) is 0 Å². The molecule has 0 bridgehead atoms. The monoisotopic (exact) mass is 1340 g/mol. The molecule has 9 atom stereocenters. The van der Waals surface area contributed by atoms with Gasteiger partial charge >= 0.3 is 6.09 Å². The van der Waals surface area contributed by atoms with Gasteiger partial charge in [0.25, 0.3) is 11.8 Å². The largest absolute Gasteiger partial charge is 1.00 e. The van der Waals surface area contributed by atoms with Crippen molar-refractivity contribution in [3.05, 3.63) is 98.9 Å². The van der Waals surface area contributed by atoms with Crippen LogP contribution in [-0.2, 0) is 48.8 Å². The number of fused-ring (bicyclic) bond motifs is 2. The van der Waals surface area contributed by atoms with Gasteiger partial charge in [0.1, 0.15) is 64.0 Å². The van der Waals surface area contributed by atoms with Crippen LogP contribution in [0.5, 0.6) is 23.0 Å². The molecule has 4 saturated carbocycles. The Morgan fingerprint density at radius 3 is 1.90 bits per heavy atom. The van der Waals surface area contributed by atoms with E-state index in [2.05, 4.69) is 60.4 Å². The standard InChI is InChI=1S/C38H51N5O9S.C24H28N4O6S.CH4.2ClH/c1-7-9-10-11-12-13-29(40-36(47)52-37(3,4)5)34(45)43-23-26(51-32-18-19-39-30-20-25(50-6)14-17-28(30)32)21-31(43)33(44)41-38(22-24(38)8-2)35(46)42-53(48,49)27-15-16-27;1-3-14-12-24(14,23(30)28-35(31,32)17-5-6-17)27-22(29)20-11-16(13-26-20)34-21-8-9-25-19-10-15(33-2)4-7-18(19)21;;;/h7-8,14,17-20,24,26-27,29,31H,1-2,9-13,15-16,21-23H2,3-6H3,(H,40,47)(H,41,44)(H,42,46);3-4,7-10,14,16-17,20,26H,1,5-6,11-13H2,2H3,(H,27,29)(H,28,30);1H4;2*1H/t24-,26-,29+,31+,38-;14-,16-,20+,24-;;;/m11.../s1. The average Bonchev–Trinajstić information content (AvgIpc) is 1.59. The summed E-state index contributed by atoms with van der Waals surface area (Å²) in [4.78, 5) is 90.1. The van der Waals surface area contributed by atoms with Crippen LogP contribution in [0.3, 0.4) is 0 Å². The van der Waals surface area contributed by atoms with Crippen molar-refractivity contribution in [2.24, 2.45) is 11.8 Å². The Labute approximate surface area is 544 Å². The summed E-state index contributed by atoms with van der Waals surface area (Å²) in [5.74, 6) is -1.40. The zero-order valence-corrected chi connectivity index (χ0v) is 54.3. The van der Waals surface area contributed by atoms with Gasteiger partial charge in [0, 0.05) is 54.9 Å². The smallest absolute Gasteiger partial charge is 0.408 e. The fourth-order valence-electron chi connectivity index (χ4n) is 11.2. The number of aromatic nitrogens is 2. The first-order valence-corrected chi connectivity index (χ1v) is 32.9. The van der Waals surface area contributed by atoms with Crippen LogP contribution in [0.2, 0.25) is 0 Å². The van der Waals surface area contributed by atoms with Crippen molar-refractivity contribution < 1.29 is 86.7 Å². The summed E-state index contributed by atoms with van der Waals surface area (Å²) in [6, 6.07) is 11.8. The highest BCUT2D eigenvalue weighted by Crippen LogP contribution is 2.47. The van der Waals surface area contributed by atoms with E-state index in [0.29, 0.717) is 79.6 Å². The average molecular weight is 1340 g/mol. The van der Waals surface area contributed by atoms with Crippen molar-refractivity contribution >= 4 is 89.9 Å². The van der Waals surface area contributed by atoms with Crippen LogP contribution < -0.4 is 67.0 Å². The molecule has 2 aliphatic heterocycles. The molecule has 2 aromatic carbocycles. The highest BCUT2D eigenvalue weighted by atomic mass is 35.5. The van der Waals surface area contributed by atoms with Crippen LogP contribution in [0.4, 0.5) is 4.79 Å². The van der Waals surface area contributed by atoms with Gasteiger partial charge < -0.3 is 62.3 Å². The second kappa shape index (κ2) is 30.0. The maximum Gasteiger partial charge on any atom is 0.408 e. The molecule has 6 fully saturated rings. The molecule has 0 spiro atoms. The molecule has 0 unspecified atom stereocenters. The molecule has 2 aromatic heterocycles. The minimum absolute atomic E-state index is 0. The molecular formula is C63H85Cl2N9O15S2. The van der Waals surface area contributed by atoms with E-state index >= 15 is 0 Å². The van der Waals surface area contributed by atoms with Crippen molar-refractivity contribution in [2.45, 2.75) is 169 Å². The summed E-state index contributed by atoms with van der Waals surface area (Å²) in [5, 5.41) is 11.9. The van der Waals surface area contributed by atoms with Crippen molar-refractivity contribution in [3.63, 3.8) is 0 Å². The fourth-order valence-corrected chi connectivity index (χ4v) is 13.9. The first kappa shape index (κ1) is 72.8. The molecule has 0 radical (unpaired) electrons. The number of rotatable bonds is 26. The summed E-state index contributed by atoms with van der Waals surface area (Å²) in [7, 11) is -4.45. The van der Waals surface area contributed by atoms with E-state index in [4.69, 9.17) is 23.7 Å². The first-order valence-electron chi connectivity index (χ1n) is 29.8. The predicted octanol–water partition coefficient (Wildman–Crippen LogP) is 2.79. The number of H-pyrrole nitrogens is 1. The summed E-state index contributed by atoms with van der Waals surface area (Å²) in [5.41, 5.74) is -2.17. The number of carbonyl (C=O) groups excluding carboxylic acids is 6. The Morgan fingerprint density at radius 2 is 1.34 bits per heavy atom. The minimum atomic E-state index is -3.90. The topological polar surface area (TPSA) is 319 Å². The van der Waals surface area contributed by atoms with E-state index in [-0.39, 0.29) is 76.0 Å². The number of ether oxygens (including phenoxy) is 5. The summed E-state index contributed by atoms with van der Waals surface area (Å²) < 4.78 is 83.0. The second-order valence-electron chi connectivity index (χ2n) is 24.4. The zero-order chi connectivity index (χ0) is 63.3. The molecule has 6 aliphatic rings. The molecule has 4 aliphatic carbocycles. The lowest BCUT2D eigenvalue weighted by atomic mass is 10.0. The maximum absolute atomic E-state index is 14.5. The Hall–Kier alpha value is -7.26. The Balaban J connectivity index is 0.000000301. The molecule has 91 heavy (non-hydrogen) atoms. The van der Waals surface area contributed by atoms with Gasteiger partial charge in [-0.25, -0.2) is 26.6 Å². The lowest BCUT2D eigenvalue weighted by Crippen LogP contribution is -3.00.